The molecule has 2 rings (SSSR count). The lowest BCUT2D eigenvalue weighted by molar-refractivity contribution is -0.119. The summed E-state index contributed by atoms with van der Waals surface area (Å²) < 4.78 is 5.84. The number of likely N-dealkylation sites (tertiary alicyclic amines) is 1. The fourth-order valence-corrected chi connectivity index (χ4v) is 2.57. The van der Waals surface area contributed by atoms with Gasteiger partial charge in [-0.05, 0) is 44.0 Å². The normalized spacial score (nSPS) is 20.2. The van der Waals surface area contributed by atoms with Gasteiger partial charge < -0.3 is 10.5 Å². The fourth-order valence-electron chi connectivity index (χ4n) is 2.57. The smallest absolute Gasteiger partial charge is 0.231 e. The van der Waals surface area contributed by atoms with E-state index < -0.39 is 0 Å². The molecule has 0 radical (unpaired) electrons. The number of benzene rings is 1. The Labute approximate surface area is 114 Å². The Morgan fingerprint density at radius 2 is 2.37 bits per heavy atom. The molecule has 1 amide bonds. The van der Waals surface area contributed by atoms with Gasteiger partial charge in [-0.25, -0.2) is 0 Å². The van der Waals surface area contributed by atoms with Gasteiger partial charge in [0.15, 0.2) is 0 Å². The molecular weight excluding hydrogens is 240 g/mol. The summed E-state index contributed by atoms with van der Waals surface area (Å²) >= 11 is 0. The lowest BCUT2D eigenvalue weighted by Gasteiger charge is -2.31. The maximum absolute atomic E-state index is 10.9. The van der Waals surface area contributed by atoms with E-state index in [0.29, 0.717) is 19.1 Å². The van der Waals surface area contributed by atoms with E-state index >= 15 is 0 Å². The number of ether oxygens (including phenoxy) is 1. The summed E-state index contributed by atoms with van der Waals surface area (Å²) in [5, 5.41) is 0. The standard InChI is InChI=1S/C15H22N2O2/c1-12-4-2-6-14(8-12)19-11-13-5-3-7-17(9-13)10-15(16)18/h2,4,6,8,13H,3,5,7,9-11H2,1H3,(H2,16,18)/t13-/m1/s1. The zero-order chi connectivity index (χ0) is 13.7. The largest absolute Gasteiger partial charge is 0.493 e. The van der Waals surface area contributed by atoms with Crippen molar-refractivity contribution < 1.29 is 9.53 Å². The van der Waals surface area contributed by atoms with E-state index in [4.69, 9.17) is 10.5 Å². The minimum atomic E-state index is -0.250. The third kappa shape index (κ3) is 4.56. The Morgan fingerprint density at radius 3 is 3.11 bits per heavy atom. The molecule has 1 saturated heterocycles. The molecular formula is C15H22N2O2. The highest BCUT2D eigenvalue weighted by molar-refractivity contribution is 5.75. The second-order valence-electron chi connectivity index (χ2n) is 5.34. The molecule has 4 heteroatoms. The quantitative estimate of drug-likeness (QED) is 0.876. The zero-order valence-corrected chi connectivity index (χ0v) is 11.5. The Hall–Kier alpha value is -1.55. The van der Waals surface area contributed by atoms with Gasteiger partial charge in [0.1, 0.15) is 5.75 Å². The van der Waals surface area contributed by atoms with E-state index in [9.17, 15) is 4.79 Å². The van der Waals surface area contributed by atoms with Crippen LogP contribution in [0.1, 0.15) is 18.4 Å². The first-order valence-electron chi connectivity index (χ1n) is 6.83. The number of nitrogens with zero attached hydrogens (tertiary/aromatic N) is 1. The van der Waals surface area contributed by atoms with E-state index in [2.05, 4.69) is 17.9 Å². The fraction of sp³-hybridized carbons (Fsp3) is 0.533. The molecule has 104 valence electrons. The van der Waals surface area contributed by atoms with Crippen molar-refractivity contribution in [1.29, 1.82) is 0 Å². The second kappa shape index (κ2) is 6.57. The van der Waals surface area contributed by atoms with E-state index in [1.54, 1.807) is 0 Å². The summed E-state index contributed by atoms with van der Waals surface area (Å²) in [6.07, 6.45) is 2.26. The highest BCUT2D eigenvalue weighted by Gasteiger charge is 2.21. The Morgan fingerprint density at radius 1 is 1.53 bits per heavy atom. The van der Waals surface area contributed by atoms with Gasteiger partial charge in [0.2, 0.25) is 5.91 Å². The van der Waals surface area contributed by atoms with E-state index in [1.807, 2.05) is 18.2 Å². The van der Waals surface area contributed by atoms with E-state index in [1.165, 1.54) is 5.56 Å². The van der Waals surface area contributed by atoms with E-state index in [-0.39, 0.29) is 5.91 Å². The third-order valence-electron chi connectivity index (χ3n) is 3.46. The number of nitrogens with two attached hydrogens (primary N) is 1. The number of aryl methyl sites for hydroxylation is 1. The monoisotopic (exact) mass is 262 g/mol. The summed E-state index contributed by atoms with van der Waals surface area (Å²) in [4.78, 5) is 13.1. The van der Waals surface area contributed by atoms with Crippen LogP contribution in [0.2, 0.25) is 0 Å². The summed E-state index contributed by atoms with van der Waals surface area (Å²) in [7, 11) is 0. The number of hydrogen-bond donors (Lipinski definition) is 1. The number of carbonyl (C=O) groups excluding carboxylic acids is 1. The van der Waals surface area contributed by atoms with Crippen molar-refractivity contribution in [1.82, 2.24) is 4.90 Å². The molecule has 1 aliphatic heterocycles. The number of primary amides is 1. The summed E-state index contributed by atoms with van der Waals surface area (Å²) in [5.41, 5.74) is 6.44. The van der Waals surface area contributed by atoms with Gasteiger partial charge in [0.05, 0.1) is 13.2 Å². The average Bonchev–Trinajstić information content (AvgIpc) is 2.36. The number of amides is 1. The van der Waals surface area contributed by atoms with Crippen LogP contribution >= 0.6 is 0 Å². The molecule has 0 bridgehead atoms. The van der Waals surface area contributed by atoms with Gasteiger partial charge in [-0.1, -0.05) is 12.1 Å². The van der Waals surface area contributed by atoms with Crippen LogP contribution in [0.4, 0.5) is 0 Å². The maximum atomic E-state index is 10.9. The molecule has 0 aromatic heterocycles. The molecule has 0 spiro atoms. The lowest BCUT2D eigenvalue weighted by Crippen LogP contribution is -2.42. The van der Waals surface area contributed by atoms with Crippen molar-refractivity contribution in [2.45, 2.75) is 19.8 Å². The number of hydrogen-bond acceptors (Lipinski definition) is 3. The molecule has 4 nitrogen and oxygen atoms in total. The van der Waals surface area contributed by atoms with Gasteiger partial charge in [-0.15, -0.1) is 0 Å². The first kappa shape index (κ1) is 13.9. The summed E-state index contributed by atoms with van der Waals surface area (Å²) in [6.45, 7) is 4.99. The molecule has 0 aliphatic carbocycles. The Bertz CT molecular complexity index is 434. The van der Waals surface area contributed by atoms with Crippen molar-refractivity contribution in [3.8, 4) is 5.75 Å². The van der Waals surface area contributed by atoms with E-state index in [0.717, 1.165) is 31.7 Å². The van der Waals surface area contributed by atoms with Crippen molar-refractivity contribution in [3.05, 3.63) is 29.8 Å². The number of carbonyl (C=O) groups is 1. The number of piperidine rings is 1. The van der Waals surface area contributed by atoms with Gasteiger partial charge in [-0.2, -0.15) is 0 Å². The van der Waals surface area contributed by atoms with Crippen LogP contribution in [0.3, 0.4) is 0 Å². The summed E-state index contributed by atoms with van der Waals surface area (Å²) in [5.74, 6) is 1.15. The van der Waals surface area contributed by atoms with Crippen molar-refractivity contribution in [3.63, 3.8) is 0 Å². The number of rotatable bonds is 5. The van der Waals surface area contributed by atoms with Crippen LogP contribution in [-0.2, 0) is 4.79 Å². The third-order valence-corrected chi connectivity index (χ3v) is 3.46. The van der Waals surface area contributed by atoms with Crippen LogP contribution in [0.25, 0.3) is 0 Å². The van der Waals surface area contributed by atoms with Gasteiger partial charge in [0, 0.05) is 12.5 Å². The van der Waals surface area contributed by atoms with Crippen molar-refractivity contribution >= 4 is 5.91 Å². The molecule has 0 unspecified atom stereocenters. The predicted molar refractivity (Wildman–Crippen MR) is 75.0 cm³/mol. The molecule has 0 saturated carbocycles. The highest BCUT2D eigenvalue weighted by atomic mass is 16.5. The predicted octanol–water partition coefficient (Wildman–Crippen LogP) is 1.57. The average molecular weight is 262 g/mol. The lowest BCUT2D eigenvalue weighted by atomic mass is 9.99. The molecule has 2 N–H and O–H groups in total. The SMILES string of the molecule is Cc1cccc(OC[C@@H]2CCCN(CC(N)=O)C2)c1. The van der Waals surface area contributed by atoms with Crippen LogP contribution < -0.4 is 10.5 Å². The molecule has 1 atom stereocenters. The van der Waals surface area contributed by atoms with Crippen LogP contribution in [0, 0.1) is 12.8 Å². The topological polar surface area (TPSA) is 55.6 Å². The van der Waals surface area contributed by atoms with Gasteiger partial charge >= 0.3 is 0 Å². The Balaban J connectivity index is 1.81. The van der Waals surface area contributed by atoms with Crippen LogP contribution in [0.5, 0.6) is 5.75 Å². The van der Waals surface area contributed by atoms with Gasteiger partial charge in [-0.3, -0.25) is 9.69 Å². The molecule has 1 aromatic carbocycles. The van der Waals surface area contributed by atoms with Crippen LogP contribution in [0.15, 0.2) is 24.3 Å². The molecule has 1 aliphatic rings. The highest BCUT2D eigenvalue weighted by Crippen LogP contribution is 2.19. The Kier molecular flexibility index (Phi) is 4.80. The zero-order valence-electron chi connectivity index (χ0n) is 11.5. The maximum Gasteiger partial charge on any atom is 0.231 e. The molecule has 19 heavy (non-hydrogen) atoms. The van der Waals surface area contributed by atoms with Crippen molar-refractivity contribution in [2.75, 3.05) is 26.2 Å². The minimum Gasteiger partial charge on any atom is -0.493 e. The molecule has 1 fully saturated rings. The van der Waals surface area contributed by atoms with Crippen molar-refractivity contribution in [2.24, 2.45) is 11.7 Å². The van der Waals surface area contributed by atoms with Gasteiger partial charge in [0.25, 0.3) is 0 Å². The van der Waals surface area contributed by atoms with Crippen LogP contribution in [-0.4, -0.2) is 37.0 Å². The second-order valence-corrected chi connectivity index (χ2v) is 5.34. The first-order chi connectivity index (χ1) is 9.13. The summed E-state index contributed by atoms with van der Waals surface area (Å²) in [6, 6.07) is 8.09. The first-order valence-corrected chi connectivity index (χ1v) is 6.83. The minimum absolute atomic E-state index is 0.250. The molecule has 1 aromatic rings. The molecule has 1 heterocycles.